The summed E-state index contributed by atoms with van der Waals surface area (Å²) in [6, 6.07) is 0. The van der Waals surface area contributed by atoms with E-state index in [1.54, 1.807) is 28.4 Å². The van der Waals surface area contributed by atoms with Gasteiger partial charge in [0.15, 0.2) is 12.6 Å². The summed E-state index contributed by atoms with van der Waals surface area (Å²) < 4.78 is 19.9. The lowest BCUT2D eigenvalue weighted by atomic mass is 10.5. The molecule has 0 aromatic carbocycles. The van der Waals surface area contributed by atoms with Gasteiger partial charge in [-0.15, -0.1) is 0 Å². The van der Waals surface area contributed by atoms with Crippen LogP contribution in [0.4, 0.5) is 0 Å². The largest absolute Gasteiger partial charge is 0.355 e. The third-order valence-corrected chi connectivity index (χ3v) is 1.67. The average molecular weight is 193 g/mol. The Hall–Kier alpha value is -0.200. The van der Waals surface area contributed by atoms with Crippen LogP contribution >= 0.6 is 0 Å². The number of hydrogen-bond donors (Lipinski definition) is 1. The summed E-state index contributed by atoms with van der Waals surface area (Å²) in [5, 5.41) is 3.09. The minimum Gasteiger partial charge on any atom is -0.355 e. The molecule has 0 aliphatic rings. The van der Waals surface area contributed by atoms with Crippen molar-refractivity contribution in [1.29, 1.82) is 0 Å². The summed E-state index contributed by atoms with van der Waals surface area (Å²) in [7, 11) is 6.39. The predicted octanol–water partition coefficient (Wildman–Crippen LogP) is -0.186. The number of hydrogen-bond acceptors (Lipinski definition) is 5. The first-order chi connectivity index (χ1) is 6.28. The Labute approximate surface area is 79.3 Å². The Balaban J connectivity index is 3.41. The van der Waals surface area contributed by atoms with Crippen LogP contribution in [0.5, 0.6) is 0 Å². The van der Waals surface area contributed by atoms with E-state index in [9.17, 15) is 0 Å². The van der Waals surface area contributed by atoms with Crippen molar-refractivity contribution >= 4 is 0 Å². The summed E-state index contributed by atoms with van der Waals surface area (Å²) in [6.45, 7) is 1.21. The van der Waals surface area contributed by atoms with Gasteiger partial charge in [-0.3, -0.25) is 0 Å². The van der Waals surface area contributed by atoms with Crippen LogP contribution in [0.2, 0.25) is 0 Å². The summed E-state index contributed by atoms with van der Waals surface area (Å²) in [4.78, 5) is 0. The van der Waals surface area contributed by atoms with Crippen molar-refractivity contribution < 1.29 is 18.9 Å². The molecule has 13 heavy (non-hydrogen) atoms. The van der Waals surface area contributed by atoms with Gasteiger partial charge in [-0.1, -0.05) is 0 Å². The zero-order chi connectivity index (χ0) is 10.1. The molecule has 0 spiro atoms. The van der Waals surface area contributed by atoms with Crippen molar-refractivity contribution in [1.82, 2.24) is 5.32 Å². The van der Waals surface area contributed by atoms with Crippen LogP contribution < -0.4 is 5.32 Å². The van der Waals surface area contributed by atoms with Crippen LogP contribution in [-0.2, 0) is 18.9 Å². The first-order valence-electron chi connectivity index (χ1n) is 4.10. The van der Waals surface area contributed by atoms with Gasteiger partial charge < -0.3 is 24.3 Å². The lowest BCUT2D eigenvalue weighted by Crippen LogP contribution is -2.36. The number of methoxy groups -OCH3 is 4. The molecule has 0 aromatic heterocycles. The fraction of sp³-hybridized carbons (Fsp3) is 1.00. The maximum atomic E-state index is 4.98. The van der Waals surface area contributed by atoms with Crippen LogP contribution in [0.25, 0.3) is 0 Å². The predicted molar refractivity (Wildman–Crippen MR) is 48.5 cm³/mol. The van der Waals surface area contributed by atoms with E-state index in [0.29, 0.717) is 13.1 Å². The van der Waals surface area contributed by atoms with Crippen molar-refractivity contribution in [2.45, 2.75) is 12.6 Å². The number of nitrogens with one attached hydrogen (secondary N) is 1. The minimum atomic E-state index is -0.227. The molecule has 0 bridgehead atoms. The van der Waals surface area contributed by atoms with E-state index >= 15 is 0 Å². The van der Waals surface area contributed by atoms with Gasteiger partial charge in [-0.2, -0.15) is 0 Å². The lowest BCUT2D eigenvalue weighted by Gasteiger charge is -2.17. The van der Waals surface area contributed by atoms with Crippen molar-refractivity contribution in [3.05, 3.63) is 0 Å². The minimum absolute atomic E-state index is 0.227. The van der Waals surface area contributed by atoms with Gasteiger partial charge in [0.2, 0.25) is 0 Å². The molecule has 5 heteroatoms. The SMILES string of the molecule is COC(CNCC(OC)OC)OC. The number of ether oxygens (including phenoxy) is 4. The molecule has 0 unspecified atom stereocenters. The molecule has 80 valence electrons. The molecule has 1 N–H and O–H groups in total. The Kier molecular flexibility index (Phi) is 8.27. The molecule has 0 fully saturated rings. The zero-order valence-corrected chi connectivity index (χ0v) is 8.70. The number of rotatable bonds is 8. The molecule has 0 rings (SSSR count). The summed E-state index contributed by atoms with van der Waals surface area (Å²) in [5.74, 6) is 0. The Morgan fingerprint density at radius 1 is 0.769 bits per heavy atom. The summed E-state index contributed by atoms with van der Waals surface area (Å²) in [6.07, 6.45) is -0.455. The van der Waals surface area contributed by atoms with Gasteiger partial charge in [0.05, 0.1) is 0 Å². The average Bonchev–Trinajstić information content (AvgIpc) is 2.19. The fourth-order valence-corrected chi connectivity index (χ4v) is 0.845. The fourth-order valence-electron chi connectivity index (χ4n) is 0.845. The van der Waals surface area contributed by atoms with Gasteiger partial charge in [0.1, 0.15) is 0 Å². The highest BCUT2D eigenvalue weighted by Gasteiger charge is 2.07. The van der Waals surface area contributed by atoms with E-state index in [1.807, 2.05) is 0 Å². The van der Waals surface area contributed by atoms with Gasteiger partial charge in [-0.25, -0.2) is 0 Å². The molecule has 0 aromatic rings. The monoisotopic (exact) mass is 193 g/mol. The molecule has 0 atom stereocenters. The Bertz CT molecular complexity index is 92.3. The standard InChI is InChI=1S/C8H19NO4/c1-10-7(11-2)5-9-6-8(12-3)13-4/h7-9H,5-6H2,1-4H3. The van der Waals surface area contributed by atoms with Crippen LogP contribution in [-0.4, -0.2) is 54.1 Å². The van der Waals surface area contributed by atoms with E-state index in [2.05, 4.69) is 5.32 Å². The van der Waals surface area contributed by atoms with Gasteiger partial charge in [0.25, 0.3) is 0 Å². The van der Waals surface area contributed by atoms with Gasteiger partial charge in [-0.05, 0) is 0 Å². The molecule has 0 aliphatic carbocycles. The third kappa shape index (κ3) is 5.95. The normalized spacial score (nSPS) is 11.5. The van der Waals surface area contributed by atoms with Crippen LogP contribution in [0.3, 0.4) is 0 Å². The Morgan fingerprint density at radius 3 is 1.31 bits per heavy atom. The van der Waals surface area contributed by atoms with E-state index in [1.165, 1.54) is 0 Å². The highest BCUT2D eigenvalue weighted by molar-refractivity contribution is 4.53. The van der Waals surface area contributed by atoms with Crippen molar-refractivity contribution in [3.8, 4) is 0 Å². The molecular formula is C8H19NO4. The molecule has 0 radical (unpaired) electrons. The molecule has 0 aliphatic heterocycles. The van der Waals surface area contributed by atoms with E-state index in [-0.39, 0.29) is 12.6 Å². The molecule has 0 amide bonds. The highest BCUT2D eigenvalue weighted by Crippen LogP contribution is 1.90. The second-order valence-electron chi connectivity index (χ2n) is 2.46. The summed E-state index contributed by atoms with van der Waals surface area (Å²) in [5.41, 5.74) is 0. The second kappa shape index (κ2) is 8.40. The maximum absolute atomic E-state index is 4.98. The topological polar surface area (TPSA) is 49.0 Å². The third-order valence-electron chi connectivity index (χ3n) is 1.67. The highest BCUT2D eigenvalue weighted by atomic mass is 16.7. The molecular weight excluding hydrogens is 174 g/mol. The van der Waals surface area contributed by atoms with Crippen molar-refractivity contribution in [2.75, 3.05) is 41.5 Å². The van der Waals surface area contributed by atoms with E-state index in [4.69, 9.17) is 18.9 Å². The summed E-state index contributed by atoms with van der Waals surface area (Å²) >= 11 is 0. The second-order valence-corrected chi connectivity index (χ2v) is 2.46. The molecule has 0 saturated heterocycles. The molecule has 5 nitrogen and oxygen atoms in total. The quantitative estimate of drug-likeness (QED) is 0.542. The first kappa shape index (κ1) is 12.8. The molecule has 0 heterocycles. The Morgan fingerprint density at radius 2 is 1.08 bits per heavy atom. The first-order valence-corrected chi connectivity index (χ1v) is 4.10. The van der Waals surface area contributed by atoms with E-state index in [0.717, 1.165) is 0 Å². The van der Waals surface area contributed by atoms with Crippen LogP contribution in [0.1, 0.15) is 0 Å². The van der Waals surface area contributed by atoms with Crippen LogP contribution in [0.15, 0.2) is 0 Å². The lowest BCUT2D eigenvalue weighted by molar-refractivity contribution is -0.115. The zero-order valence-electron chi connectivity index (χ0n) is 8.70. The smallest absolute Gasteiger partial charge is 0.169 e. The van der Waals surface area contributed by atoms with Crippen LogP contribution in [0, 0.1) is 0 Å². The van der Waals surface area contributed by atoms with Crippen molar-refractivity contribution in [2.24, 2.45) is 0 Å². The van der Waals surface area contributed by atoms with Gasteiger partial charge >= 0.3 is 0 Å². The van der Waals surface area contributed by atoms with Crippen molar-refractivity contribution in [3.63, 3.8) is 0 Å². The van der Waals surface area contributed by atoms with Gasteiger partial charge in [0, 0.05) is 41.5 Å². The van der Waals surface area contributed by atoms with E-state index < -0.39 is 0 Å². The maximum Gasteiger partial charge on any atom is 0.169 e. The molecule has 0 saturated carbocycles.